The fourth-order valence-corrected chi connectivity index (χ4v) is 3.32. The maximum absolute atomic E-state index is 12.1. The third-order valence-corrected chi connectivity index (χ3v) is 5.31. The lowest BCUT2D eigenvalue weighted by Crippen LogP contribution is -2.34. The molecule has 4 nitrogen and oxygen atoms in total. The van der Waals surface area contributed by atoms with Crippen LogP contribution in [0.5, 0.6) is 5.75 Å². The minimum atomic E-state index is -0.752. The molecule has 2 aromatic rings. The second-order valence-electron chi connectivity index (χ2n) is 7.49. The zero-order valence-electron chi connectivity index (χ0n) is 17.3. The molecule has 0 fully saturated rings. The molecule has 0 bridgehead atoms. The van der Waals surface area contributed by atoms with Gasteiger partial charge in [0.2, 0.25) is 5.91 Å². The second-order valence-corrected chi connectivity index (χ2v) is 8.05. The molecule has 2 rings (SSSR count). The van der Waals surface area contributed by atoms with Crippen molar-refractivity contribution < 1.29 is 14.6 Å². The summed E-state index contributed by atoms with van der Waals surface area (Å²) in [7, 11) is 0. The Morgan fingerprint density at radius 3 is 2.59 bits per heavy atom. The first kappa shape index (κ1) is 23.2. The number of benzene rings is 2. The predicted octanol–water partition coefficient (Wildman–Crippen LogP) is 4.72. The Morgan fingerprint density at radius 2 is 1.86 bits per heavy atom. The van der Waals surface area contributed by atoms with E-state index in [4.69, 9.17) is 16.3 Å². The molecule has 5 heteroatoms. The zero-order valence-corrected chi connectivity index (χ0v) is 18.1. The van der Waals surface area contributed by atoms with Crippen LogP contribution in [0.2, 0.25) is 0 Å². The van der Waals surface area contributed by atoms with E-state index in [1.165, 1.54) is 0 Å². The van der Waals surface area contributed by atoms with Crippen LogP contribution in [0.4, 0.5) is 0 Å². The van der Waals surface area contributed by atoms with Crippen molar-refractivity contribution in [1.82, 2.24) is 5.32 Å². The molecule has 3 atom stereocenters. The van der Waals surface area contributed by atoms with Crippen LogP contribution < -0.4 is 10.1 Å². The molecule has 0 heterocycles. The highest BCUT2D eigenvalue weighted by Crippen LogP contribution is 2.21. The highest BCUT2D eigenvalue weighted by atomic mass is 35.5. The van der Waals surface area contributed by atoms with Crippen LogP contribution in [0, 0.1) is 5.92 Å². The summed E-state index contributed by atoms with van der Waals surface area (Å²) >= 11 is 6.44. The molecule has 0 aliphatic heterocycles. The highest BCUT2D eigenvalue weighted by molar-refractivity contribution is 6.21. The molecule has 0 spiro atoms. The first-order valence-corrected chi connectivity index (χ1v) is 10.8. The van der Waals surface area contributed by atoms with Crippen molar-refractivity contribution >= 4 is 17.5 Å². The number of unbranched alkanes of at least 4 members (excludes halogenated alkanes) is 1. The molecule has 0 saturated heterocycles. The maximum Gasteiger partial charge on any atom is 0.222 e. The van der Waals surface area contributed by atoms with E-state index in [0.29, 0.717) is 26.0 Å². The molecule has 1 amide bonds. The fraction of sp³-hybridized carbons (Fsp3) is 0.458. The third-order valence-electron chi connectivity index (χ3n) is 4.87. The lowest BCUT2D eigenvalue weighted by molar-refractivity contribution is -0.125. The average Bonchev–Trinajstić information content (AvgIpc) is 2.73. The van der Waals surface area contributed by atoms with Crippen molar-refractivity contribution in [1.29, 1.82) is 0 Å². The van der Waals surface area contributed by atoms with Crippen molar-refractivity contribution in [3.8, 4) is 5.75 Å². The van der Waals surface area contributed by atoms with Gasteiger partial charge in [-0.3, -0.25) is 4.79 Å². The number of aliphatic hydroxyl groups excluding tert-OH is 1. The van der Waals surface area contributed by atoms with Crippen LogP contribution in [0.15, 0.2) is 54.6 Å². The standard InChI is InChI=1S/C24H32ClNO3/c1-3-4-13-26-24(28)18(2)14-23(27)22(25)16-20-11-8-12-21(15-20)29-17-19-9-6-5-7-10-19/h5-12,15,18,22-23,27H,3-4,13-14,16-17H2,1-2H3,(H,26,28)/t18-,22+,23+/m1/s1. The minimum Gasteiger partial charge on any atom is -0.489 e. The van der Waals surface area contributed by atoms with Gasteiger partial charge in [0, 0.05) is 12.5 Å². The number of aliphatic hydroxyl groups is 1. The molecule has 0 saturated carbocycles. The van der Waals surface area contributed by atoms with Crippen LogP contribution >= 0.6 is 11.6 Å². The van der Waals surface area contributed by atoms with E-state index in [2.05, 4.69) is 12.2 Å². The van der Waals surface area contributed by atoms with Crippen LogP contribution in [-0.4, -0.2) is 29.0 Å². The fourth-order valence-electron chi connectivity index (χ4n) is 3.04. The Morgan fingerprint density at radius 1 is 1.14 bits per heavy atom. The minimum absolute atomic E-state index is 0.0299. The number of carbonyl (C=O) groups is 1. The molecule has 158 valence electrons. The summed E-state index contributed by atoms with van der Waals surface area (Å²) in [6.45, 7) is 5.09. The molecule has 0 aliphatic carbocycles. The van der Waals surface area contributed by atoms with E-state index in [0.717, 1.165) is 29.7 Å². The summed E-state index contributed by atoms with van der Waals surface area (Å²) in [5.74, 6) is 0.467. The molecular weight excluding hydrogens is 386 g/mol. The summed E-state index contributed by atoms with van der Waals surface area (Å²) in [6.07, 6.45) is 2.10. The largest absolute Gasteiger partial charge is 0.489 e. The SMILES string of the molecule is CCCCNC(=O)[C@H](C)C[C@H](O)[C@@H](Cl)Cc1cccc(OCc2ccccc2)c1. The molecule has 0 unspecified atom stereocenters. The van der Waals surface area contributed by atoms with Crippen molar-refractivity contribution in [2.45, 2.75) is 57.6 Å². The normalized spacial score (nSPS) is 14.1. The van der Waals surface area contributed by atoms with Gasteiger partial charge < -0.3 is 15.2 Å². The van der Waals surface area contributed by atoms with Gasteiger partial charge in [-0.2, -0.15) is 0 Å². The van der Waals surface area contributed by atoms with Crippen LogP contribution in [-0.2, 0) is 17.8 Å². The summed E-state index contributed by atoms with van der Waals surface area (Å²) in [5.41, 5.74) is 2.10. The Bertz CT molecular complexity index is 738. The summed E-state index contributed by atoms with van der Waals surface area (Å²) in [6, 6.07) is 17.8. The van der Waals surface area contributed by atoms with E-state index in [1.807, 2.05) is 61.5 Å². The second kappa shape index (κ2) is 12.5. The summed E-state index contributed by atoms with van der Waals surface area (Å²) in [4.78, 5) is 12.1. The Hall–Kier alpha value is -2.04. The van der Waals surface area contributed by atoms with E-state index in [-0.39, 0.29) is 11.8 Å². The summed E-state index contributed by atoms with van der Waals surface area (Å²) in [5, 5.41) is 12.9. The molecular formula is C24H32ClNO3. The van der Waals surface area contributed by atoms with Gasteiger partial charge in [-0.05, 0) is 42.5 Å². The summed E-state index contributed by atoms with van der Waals surface area (Å²) < 4.78 is 5.86. The molecule has 2 N–H and O–H groups in total. The number of rotatable bonds is 12. The van der Waals surface area contributed by atoms with Gasteiger partial charge >= 0.3 is 0 Å². The predicted molar refractivity (Wildman–Crippen MR) is 118 cm³/mol. The smallest absolute Gasteiger partial charge is 0.222 e. The number of alkyl halides is 1. The van der Waals surface area contributed by atoms with Crippen molar-refractivity contribution in [3.05, 3.63) is 65.7 Å². The number of hydrogen-bond acceptors (Lipinski definition) is 3. The first-order valence-electron chi connectivity index (χ1n) is 10.3. The Labute approximate surface area is 179 Å². The molecule has 0 aromatic heterocycles. The van der Waals surface area contributed by atoms with Crippen molar-refractivity contribution in [2.24, 2.45) is 5.92 Å². The van der Waals surface area contributed by atoms with E-state index < -0.39 is 11.5 Å². The van der Waals surface area contributed by atoms with E-state index in [9.17, 15) is 9.90 Å². The number of nitrogens with one attached hydrogen (secondary N) is 1. The molecule has 0 aliphatic rings. The van der Waals surface area contributed by atoms with Gasteiger partial charge in [-0.25, -0.2) is 0 Å². The quantitative estimate of drug-likeness (QED) is 0.388. The van der Waals surface area contributed by atoms with Crippen molar-refractivity contribution in [3.63, 3.8) is 0 Å². The highest BCUT2D eigenvalue weighted by Gasteiger charge is 2.23. The van der Waals surface area contributed by atoms with Crippen molar-refractivity contribution in [2.75, 3.05) is 6.54 Å². The zero-order chi connectivity index (χ0) is 21.1. The van der Waals surface area contributed by atoms with Gasteiger partial charge in [0.05, 0.1) is 11.5 Å². The number of amides is 1. The van der Waals surface area contributed by atoms with Crippen LogP contribution in [0.3, 0.4) is 0 Å². The van der Waals surface area contributed by atoms with Gasteiger partial charge in [-0.15, -0.1) is 11.6 Å². The average molecular weight is 418 g/mol. The number of ether oxygens (including phenoxy) is 1. The number of carbonyl (C=O) groups excluding carboxylic acids is 1. The third kappa shape index (κ3) is 8.46. The molecule has 2 aromatic carbocycles. The van der Waals surface area contributed by atoms with Crippen LogP contribution in [0.25, 0.3) is 0 Å². The Kier molecular flexibility index (Phi) is 10.0. The molecule has 29 heavy (non-hydrogen) atoms. The van der Waals surface area contributed by atoms with Gasteiger partial charge in [0.1, 0.15) is 12.4 Å². The number of hydrogen-bond donors (Lipinski definition) is 2. The number of halogens is 1. The topological polar surface area (TPSA) is 58.6 Å². The first-order chi connectivity index (χ1) is 14.0. The maximum atomic E-state index is 12.1. The van der Waals surface area contributed by atoms with Crippen LogP contribution in [0.1, 0.15) is 44.2 Å². The van der Waals surface area contributed by atoms with Gasteiger partial charge in [0.25, 0.3) is 0 Å². The lowest BCUT2D eigenvalue weighted by Gasteiger charge is -2.21. The monoisotopic (exact) mass is 417 g/mol. The lowest BCUT2D eigenvalue weighted by atomic mass is 9.97. The van der Waals surface area contributed by atoms with E-state index >= 15 is 0 Å². The van der Waals surface area contributed by atoms with Gasteiger partial charge in [0.15, 0.2) is 0 Å². The van der Waals surface area contributed by atoms with E-state index in [1.54, 1.807) is 0 Å². The van der Waals surface area contributed by atoms with Gasteiger partial charge in [-0.1, -0.05) is 62.7 Å². The molecule has 0 radical (unpaired) electrons. The Balaban J connectivity index is 1.82.